The molecule has 4 nitrogen and oxygen atoms in total. The fraction of sp³-hybridized carbons (Fsp3) is 1.00. The molecule has 1 rings (SSSR count). The minimum atomic E-state index is -4.32. The highest BCUT2D eigenvalue weighted by Gasteiger charge is 2.34. The Balaban J connectivity index is 2.56. The van der Waals surface area contributed by atoms with Gasteiger partial charge < -0.3 is 5.32 Å². The average Bonchev–Trinajstić information content (AvgIpc) is 2.26. The van der Waals surface area contributed by atoms with E-state index in [4.69, 9.17) is 0 Å². The molecule has 1 N–H and O–H groups in total. The summed E-state index contributed by atoms with van der Waals surface area (Å²) in [5.74, 6) is 0. The molecule has 1 fully saturated rings. The Hall–Kier alpha value is -0.340. The number of halogens is 3. The second kappa shape index (κ2) is 5.53. The van der Waals surface area contributed by atoms with Gasteiger partial charge in [0.25, 0.3) is 0 Å². The minimum Gasteiger partial charge on any atom is -0.315 e. The molecule has 102 valence electrons. The third-order valence-electron chi connectivity index (χ3n) is 2.82. The fourth-order valence-electron chi connectivity index (χ4n) is 1.74. The normalized spacial score (nSPS) is 23.0. The molecule has 17 heavy (non-hydrogen) atoms. The highest BCUT2D eigenvalue weighted by atomic mass is 32.2. The van der Waals surface area contributed by atoms with Gasteiger partial charge in [-0.25, -0.2) is 12.7 Å². The Morgan fingerprint density at radius 1 is 1.41 bits per heavy atom. The summed E-state index contributed by atoms with van der Waals surface area (Å²) in [7, 11) is -2.41. The van der Waals surface area contributed by atoms with E-state index in [2.05, 4.69) is 5.32 Å². The molecule has 0 radical (unpaired) electrons. The van der Waals surface area contributed by atoms with Gasteiger partial charge >= 0.3 is 6.18 Å². The summed E-state index contributed by atoms with van der Waals surface area (Å²) in [5.41, 5.74) is 0. The van der Waals surface area contributed by atoms with Gasteiger partial charge in [-0.1, -0.05) is 0 Å². The minimum absolute atomic E-state index is 0.318. The fourth-order valence-corrected chi connectivity index (χ4v) is 3.39. The number of nitrogens with zero attached hydrogens (tertiary/aromatic N) is 1. The molecule has 0 aromatic rings. The second-order valence-corrected chi connectivity index (χ2v) is 6.52. The van der Waals surface area contributed by atoms with Gasteiger partial charge in [0.2, 0.25) is 10.0 Å². The number of piperidine rings is 1. The largest absolute Gasteiger partial charge is 0.390 e. The van der Waals surface area contributed by atoms with Gasteiger partial charge in [-0.15, -0.1) is 0 Å². The third kappa shape index (κ3) is 4.44. The lowest BCUT2D eigenvalue weighted by atomic mass is 10.2. The molecule has 8 heteroatoms. The first-order valence-electron chi connectivity index (χ1n) is 5.46. The molecule has 1 heterocycles. The maximum atomic E-state index is 12.0. The smallest absolute Gasteiger partial charge is 0.315 e. The molecule has 1 saturated heterocycles. The van der Waals surface area contributed by atoms with Crippen LogP contribution in [0, 0.1) is 0 Å². The maximum Gasteiger partial charge on any atom is 0.390 e. The summed E-state index contributed by atoms with van der Waals surface area (Å²) >= 11 is 0. The monoisotopic (exact) mass is 274 g/mol. The Bertz CT molecular complexity index is 337. The van der Waals surface area contributed by atoms with Crippen LogP contribution in [0.3, 0.4) is 0 Å². The summed E-state index contributed by atoms with van der Waals surface area (Å²) in [4.78, 5) is 0. The number of nitrogens with one attached hydrogen (secondary N) is 1. The van der Waals surface area contributed by atoms with Crippen molar-refractivity contribution in [2.45, 2.75) is 30.7 Å². The van der Waals surface area contributed by atoms with E-state index in [1.165, 1.54) is 7.05 Å². The zero-order valence-corrected chi connectivity index (χ0v) is 10.4. The van der Waals surface area contributed by atoms with Crippen LogP contribution in [0.5, 0.6) is 0 Å². The summed E-state index contributed by atoms with van der Waals surface area (Å²) < 4.78 is 60.7. The van der Waals surface area contributed by atoms with Gasteiger partial charge in [0.15, 0.2) is 0 Å². The number of alkyl halides is 3. The maximum absolute atomic E-state index is 12.0. The van der Waals surface area contributed by atoms with E-state index in [0.29, 0.717) is 13.0 Å². The predicted octanol–water partition coefficient (Wildman–Crippen LogP) is 0.952. The van der Waals surface area contributed by atoms with Gasteiger partial charge in [-0.2, -0.15) is 13.2 Å². The van der Waals surface area contributed by atoms with E-state index in [1.54, 1.807) is 0 Å². The van der Waals surface area contributed by atoms with E-state index >= 15 is 0 Å². The summed E-state index contributed by atoms with van der Waals surface area (Å²) in [6.45, 7) is 0.569. The summed E-state index contributed by atoms with van der Waals surface area (Å²) in [6.07, 6.45) is -4.19. The molecule has 0 spiro atoms. The van der Waals surface area contributed by atoms with Crippen LogP contribution in [-0.2, 0) is 10.0 Å². The lowest BCUT2D eigenvalue weighted by Crippen LogP contribution is -2.45. The first-order valence-corrected chi connectivity index (χ1v) is 6.96. The molecule has 1 aliphatic heterocycles. The van der Waals surface area contributed by atoms with Gasteiger partial charge in [-0.3, -0.25) is 0 Å². The van der Waals surface area contributed by atoms with E-state index in [9.17, 15) is 21.6 Å². The molecular formula is C9H17F3N2O2S. The summed E-state index contributed by atoms with van der Waals surface area (Å²) in [5, 5.41) is 2.34. The van der Waals surface area contributed by atoms with Crippen molar-refractivity contribution in [3.8, 4) is 0 Å². The van der Waals surface area contributed by atoms with Gasteiger partial charge in [0.05, 0.1) is 11.7 Å². The first-order chi connectivity index (χ1) is 7.73. The molecule has 0 bridgehead atoms. The highest BCUT2D eigenvalue weighted by molar-refractivity contribution is 7.89. The SMILES string of the molecule is CN(CCC(F)(F)F)S(=O)(=O)C1CCCNC1. The highest BCUT2D eigenvalue weighted by Crippen LogP contribution is 2.22. The molecule has 0 amide bonds. The van der Waals surface area contributed by atoms with Crippen LogP contribution in [0.1, 0.15) is 19.3 Å². The standard InChI is InChI=1S/C9H17F3N2O2S/c1-14(6-4-9(10,11)12)17(15,16)8-3-2-5-13-7-8/h8,13H,2-7H2,1H3. The molecule has 0 aliphatic carbocycles. The van der Waals surface area contributed by atoms with Crippen LogP contribution in [0.2, 0.25) is 0 Å². The number of sulfonamides is 1. The van der Waals surface area contributed by atoms with Gasteiger partial charge in [0, 0.05) is 20.1 Å². The van der Waals surface area contributed by atoms with Crippen molar-refractivity contribution in [3.63, 3.8) is 0 Å². The van der Waals surface area contributed by atoms with E-state index in [1.807, 2.05) is 0 Å². The van der Waals surface area contributed by atoms with E-state index in [-0.39, 0.29) is 0 Å². The third-order valence-corrected chi connectivity index (χ3v) is 5.11. The van der Waals surface area contributed by atoms with Crippen molar-refractivity contribution in [2.75, 3.05) is 26.7 Å². The van der Waals surface area contributed by atoms with Crippen molar-refractivity contribution in [1.82, 2.24) is 9.62 Å². The molecule has 1 atom stereocenters. The predicted molar refractivity (Wildman–Crippen MR) is 58.1 cm³/mol. The first kappa shape index (κ1) is 14.7. The number of hydrogen-bond donors (Lipinski definition) is 1. The van der Waals surface area contributed by atoms with Crippen LogP contribution in [0.25, 0.3) is 0 Å². The topological polar surface area (TPSA) is 49.4 Å². The quantitative estimate of drug-likeness (QED) is 0.830. The molecule has 1 aliphatic rings. The number of hydrogen-bond acceptors (Lipinski definition) is 3. The Labute approximate surface area is 99.2 Å². The van der Waals surface area contributed by atoms with Crippen LogP contribution in [0.15, 0.2) is 0 Å². The van der Waals surface area contributed by atoms with Crippen LogP contribution >= 0.6 is 0 Å². The van der Waals surface area contributed by atoms with Gasteiger partial charge in [-0.05, 0) is 19.4 Å². The van der Waals surface area contributed by atoms with Crippen molar-refractivity contribution < 1.29 is 21.6 Å². The van der Waals surface area contributed by atoms with Crippen molar-refractivity contribution in [2.24, 2.45) is 0 Å². The Kier molecular flexibility index (Phi) is 4.79. The second-order valence-electron chi connectivity index (χ2n) is 4.20. The lowest BCUT2D eigenvalue weighted by Gasteiger charge is -2.27. The molecule has 0 saturated carbocycles. The van der Waals surface area contributed by atoms with Crippen LogP contribution in [-0.4, -0.2) is 50.8 Å². The molecule has 0 aromatic heterocycles. The van der Waals surface area contributed by atoms with Crippen LogP contribution < -0.4 is 5.32 Å². The summed E-state index contributed by atoms with van der Waals surface area (Å²) in [6, 6.07) is 0. The van der Waals surface area contributed by atoms with Crippen molar-refractivity contribution >= 4 is 10.0 Å². The van der Waals surface area contributed by atoms with E-state index in [0.717, 1.165) is 17.3 Å². The molecule has 0 aromatic carbocycles. The Morgan fingerprint density at radius 3 is 2.53 bits per heavy atom. The average molecular weight is 274 g/mol. The van der Waals surface area contributed by atoms with E-state index < -0.39 is 34.4 Å². The van der Waals surface area contributed by atoms with Crippen molar-refractivity contribution in [3.05, 3.63) is 0 Å². The van der Waals surface area contributed by atoms with Gasteiger partial charge in [0.1, 0.15) is 0 Å². The number of rotatable bonds is 4. The molecule has 1 unspecified atom stereocenters. The zero-order valence-electron chi connectivity index (χ0n) is 9.63. The van der Waals surface area contributed by atoms with Crippen molar-refractivity contribution in [1.29, 1.82) is 0 Å². The Morgan fingerprint density at radius 2 is 2.06 bits per heavy atom. The lowest BCUT2D eigenvalue weighted by molar-refractivity contribution is -0.135. The zero-order chi connectivity index (χ0) is 13.1. The van der Waals surface area contributed by atoms with Crippen LogP contribution in [0.4, 0.5) is 13.2 Å². The molecular weight excluding hydrogens is 257 g/mol.